The summed E-state index contributed by atoms with van der Waals surface area (Å²) in [5.41, 5.74) is -0.161. The van der Waals surface area contributed by atoms with Gasteiger partial charge in [-0.05, 0) is 12.8 Å². The van der Waals surface area contributed by atoms with Crippen LogP contribution in [0.2, 0.25) is 0 Å². The van der Waals surface area contributed by atoms with Crippen LogP contribution in [0.1, 0.15) is 12.8 Å². The lowest BCUT2D eigenvalue weighted by Gasteiger charge is -2.00. The number of nitrogens with zero attached hydrogens (tertiary/aromatic N) is 1. The van der Waals surface area contributed by atoms with Crippen molar-refractivity contribution >= 4 is 6.09 Å². The van der Waals surface area contributed by atoms with Gasteiger partial charge in [-0.15, -0.1) is 0 Å². The van der Waals surface area contributed by atoms with Gasteiger partial charge in [-0.25, -0.2) is 15.6 Å². The molecule has 1 spiro atoms. The van der Waals surface area contributed by atoms with Crippen molar-refractivity contribution in [1.82, 2.24) is 5.01 Å². The molecule has 1 aliphatic heterocycles. The van der Waals surface area contributed by atoms with Crippen molar-refractivity contribution in [3.8, 4) is 0 Å². The third kappa shape index (κ3) is 0.595. The molecule has 0 unspecified atom stereocenters. The molecular weight excluding hydrogens is 120 g/mol. The minimum atomic E-state index is -0.382. The molecule has 2 fully saturated rings. The summed E-state index contributed by atoms with van der Waals surface area (Å²) >= 11 is 0. The summed E-state index contributed by atoms with van der Waals surface area (Å²) in [4.78, 5) is 10.6. The number of hydrogen-bond donors (Lipinski definition) is 1. The zero-order chi connectivity index (χ0) is 6.48. The van der Waals surface area contributed by atoms with Gasteiger partial charge >= 0.3 is 6.09 Å². The van der Waals surface area contributed by atoms with Gasteiger partial charge in [0, 0.05) is 0 Å². The normalized spacial score (nSPS) is 29.0. The first kappa shape index (κ1) is 5.05. The van der Waals surface area contributed by atoms with Crippen LogP contribution in [0.25, 0.3) is 0 Å². The molecule has 2 aliphatic rings. The SMILES string of the molecule is NN1CC2(CC2)OC1=O. The van der Waals surface area contributed by atoms with Crippen LogP contribution >= 0.6 is 0 Å². The van der Waals surface area contributed by atoms with E-state index in [1.807, 2.05) is 0 Å². The lowest BCUT2D eigenvalue weighted by Crippen LogP contribution is -2.32. The van der Waals surface area contributed by atoms with Gasteiger partial charge in [0.2, 0.25) is 0 Å². The van der Waals surface area contributed by atoms with Crippen LogP contribution in [0, 0.1) is 0 Å². The van der Waals surface area contributed by atoms with Crippen LogP contribution in [0.15, 0.2) is 0 Å². The summed E-state index contributed by atoms with van der Waals surface area (Å²) in [6.07, 6.45) is 1.58. The van der Waals surface area contributed by atoms with Gasteiger partial charge in [0.25, 0.3) is 0 Å². The number of ether oxygens (including phenoxy) is 1. The van der Waals surface area contributed by atoms with Crippen LogP contribution in [-0.4, -0.2) is 23.2 Å². The maximum absolute atomic E-state index is 10.6. The van der Waals surface area contributed by atoms with Crippen LogP contribution in [-0.2, 0) is 4.74 Å². The van der Waals surface area contributed by atoms with Crippen molar-refractivity contribution in [3.05, 3.63) is 0 Å². The van der Waals surface area contributed by atoms with Gasteiger partial charge in [0.15, 0.2) is 0 Å². The molecule has 0 aromatic heterocycles. The van der Waals surface area contributed by atoms with Crippen LogP contribution in [0.3, 0.4) is 0 Å². The molecule has 9 heavy (non-hydrogen) atoms. The number of carbonyl (C=O) groups is 1. The molecule has 2 N–H and O–H groups in total. The fourth-order valence-corrected chi connectivity index (χ4v) is 1.05. The third-order valence-electron chi connectivity index (χ3n) is 1.80. The van der Waals surface area contributed by atoms with E-state index >= 15 is 0 Å². The first-order chi connectivity index (χ1) is 4.22. The van der Waals surface area contributed by atoms with E-state index in [1.54, 1.807) is 0 Å². The van der Waals surface area contributed by atoms with E-state index in [1.165, 1.54) is 0 Å². The molecular formula is C5H8N2O2. The molecule has 0 bridgehead atoms. The van der Waals surface area contributed by atoms with E-state index in [0.717, 1.165) is 17.9 Å². The molecule has 0 aromatic carbocycles. The van der Waals surface area contributed by atoms with Gasteiger partial charge in [-0.3, -0.25) is 0 Å². The Morgan fingerprint density at radius 2 is 2.33 bits per heavy atom. The van der Waals surface area contributed by atoms with E-state index in [9.17, 15) is 4.79 Å². The van der Waals surface area contributed by atoms with Gasteiger partial charge in [-0.2, -0.15) is 0 Å². The van der Waals surface area contributed by atoms with E-state index in [4.69, 9.17) is 10.6 Å². The second-order valence-electron chi connectivity index (χ2n) is 2.68. The molecule has 1 saturated heterocycles. The van der Waals surface area contributed by atoms with Gasteiger partial charge in [0.05, 0.1) is 6.54 Å². The van der Waals surface area contributed by atoms with E-state index in [2.05, 4.69) is 0 Å². The molecule has 4 heteroatoms. The summed E-state index contributed by atoms with van der Waals surface area (Å²) in [6, 6.07) is 0. The van der Waals surface area contributed by atoms with Crippen molar-refractivity contribution in [2.75, 3.05) is 6.54 Å². The molecule has 0 radical (unpaired) electrons. The molecule has 1 amide bonds. The number of nitrogens with two attached hydrogens (primary N) is 1. The molecule has 0 atom stereocenters. The van der Waals surface area contributed by atoms with E-state index in [0.29, 0.717) is 6.54 Å². The first-order valence-electron chi connectivity index (χ1n) is 2.97. The molecule has 1 aliphatic carbocycles. The van der Waals surface area contributed by atoms with Crippen molar-refractivity contribution < 1.29 is 9.53 Å². The second-order valence-corrected chi connectivity index (χ2v) is 2.68. The summed E-state index contributed by atoms with van der Waals surface area (Å²) < 4.78 is 4.93. The highest BCUT2D eigenvalue weighted by atomic mass is 16.6. The fraction of sp³-hybridized carbons (Fsp3) is 0.800. The summed E-state index contributed by atoms with van der Waals surface area (Å²) in [7, 11) is 0. The third-order valence-corrected chi connectivity index (χ3v) is 1.80. The Labute approximate surface area is 52.5 Å². The molecule has 0 aromatic rings. The average Bonchev–Trinajstić information content (AvgIpc) is 2.42. The Morgan fingerprint density at radius 1 is 1.67 bits per heavy atom. The van der Waals surface area contributed by atoms with Gasteiger partial charge in [0.1, 0.15) is 5.60 Å². The summed E-state index contributed by atoms with van der Waals surface area (Å²) in [5.74, 6) is 5.25. The van der Waals surface area contributed by atoms with Crippen LogP contribution in [0.4, 0.5) is 4.79 Å². The monoisotopic (exact) mass is 128 g/mol. The number of carbonyl (C=O) groups excluding carboxylic acids is 1. The smallest absolute Gasteiger partial charge is 0.424 e. The predicted molar refractivity (Wildman–Crippen MR) is 29.3 cm³/mol. The van der Waals surface area contributed by atoms with E-state index < -0.39 is 0 Å². The quantitative estimate of drug-likeness (QED) is 0.364. The van der Waals surface area contributed by atoms with Crippen molar-refractivity contribution in [3.63, 3.8) is 0 Å². The second kappa shape index (κ2) is 1.21. The Bertz CT molecular complexity index is 164. The van der Waals surface area contributed by atoms with Crippen molar-refractivity contribution in [1.29, 1.82) is 0 Å². The first-order valence-corrected chi connectivity index (χ1v) is 2.97. The average molecular weight is 128 g/mol. The van der Waals surface area contributed by atoms with Gasteiger partial charge < -0.3 is 4.74 Å². The molecule has 50 valence electrons. The largest absolute Gasteiger partial charge is 0.440 e. The number of hydrazine groups is 1. The highest BCUT2D eigenvalue weighted by molar-refractivity contribution is 5.70. The number of rotatable bonds is 0. The molecule has 1 saturated carbocycles. The minimum absolute atomic E-state index is 0.161. The highest BCUT2D eigenvalue weighted by Crippen LogP contribution is 2.43. The van der Waals surface area contributed by atoms with E-state index in [-0.39, 0.29) is 11.7 Å². The lowest BCUT2D eigenvalue weighted by molar-refractivity contribution is 0.123. The Morgan fingerprint density at radius 3 is 2.56 bits per heavy atom. The molecule has 1 heterocycles. The van der Waals surface area contributed by atoms with Crippen molar-refractivity contribution in [2.45, 2.75) is 18.4 Å². The summed E-state index contributed by atoms with van der Waals surface area (Å²) in [5, 5.41) is 1.13. The Hall–Kier alpha value is -0.770. The Balaban J connectivity index is 2.14. The minimum Gasteiger partial charge on any atom is -0.440 e. The lowest BCUT2D eigenvalue weighted by atomic mass is 10.4. The molecule has 4 nitrogen and oxygen atoms in total. The summed E-state index contributed by atoms with van der Waals surface area (Å²) in [6.45, 7) is 0.575. The van der Waals surface area contributed by atoms with Crippen LogP contribution < -0.4 is 5.84 Å². The highest BCUT2D eigenvalue weighted by Gasteiger charge is 2.53. The zero-order valence-electron chi connectivity index (χ0n) is 4.96. The maximum atomic E-state index is 10.6. The maximum Gasteiger partial charge on any atom is 0.424 e. The predicted octanol–water partition coefficient (Wildman–Crippen LogP) is -0.155. The van der Waals surface area contributed by atoms with Gasteiger partial charge in [-0.1, -0.05) is 0 Å². The number of amides is 1. The topological polar surface area (TPSA) is 55.6 Å². The fourth-order valence-electron chi connectivity index (χ4n) is 1.05. The van der Waals surface area contributed by atoms with Crippen LogP contribution in [0.5, 0.6) is 0 Å². The number of hydrogen-bond acceptors (Lipinski definition) is 3. The zero-order valence-corrected chi connectivity index (χ0v) is 4.96. The standard InChI is InChI=1S/C5H8N2O2/c6-7-3-5(1-2-5)9-4(7)8/h1-3,6H2. The Kier molecular flexibility index (Phi) is 0.679. The molecule has 2 rings (SSSR count). The van der Waals surface area contributed by atoms with Crippen molar-refractivity contribution in [2.24, 2.45) is 5.84 Å².